The molecular formula is C19H16F5NO3. The van der Waals surface area contributed by atoms with E-state index in [9.17, 15) is 26.7 Å². The lowest BCUT2D eigenvalue weighted by Gasteiger charge is -2.14. The summed E-state index contributed by atoms with van der Waals surface area (Å²) in [7, 11) is 0. The number of benzene rings is 2. The maximum Gasteiger partial charge on any atom is 0.416 e. The normalized spacial score (nSPS) is 17.0. The van der Waals surface area contributed by atoms with Crippen LogP contribution in [0.25, 0.3) is 0 Å². The molecule has 1 heterocycles. The molecule has 1 saturated heterocycles. The van der Waals surface area contributed by atoms with Crippen LogP contribution < -0.4 is 4.74 Å². The predicted molar refractivity (Wildman–Crippen MR) is 88.5 cm³/mol. The Balaban J connectivity index is 1.65. The highest BCUT2D eigenvalue weighted by Gasteiger charge is 2.31. The van der Waals surface area contributed by atoms with Crippen LogP contribution in [0.1, 0.15) is 23.6 Å². The Bertz CT molecular complexity index is 884. The quantitative estimate of drug-likeness (QED) is 0.669. The third kappa shape index (κ3) is 4.52. The van der Waals surface area contributed by atoms with Crippen molar-refractivity contribution in [2.75, 3.05) is 6.54 Å². The molecule has 3 rings (SSSR count). The van der Waals surface area contributed by atoms with Gasteiger partial charge in [0.1, 0.15) is 18.5 Å². The number of hydrogen-bond acceptors (Lipinski definition) is 3. The van der Waals surface area contributed by atoms with Crippen molar-refractivity contribution in [3.8, 4) is 5.75 Å². The number of carbonyl (C=O) groups is 1. The summed E-state index contributed by atoms with van der Waals surface area (Å²) < 4.78 is 75.9. The highest BCUT2D eigenvalue weighted by Crippen LogP contribution is 2.30. The second kappa shape index (κ2) is 7.65. The van der Waals surface area contributed by atoms with Crippen LogP contribution in [0.2, 0.25) is 0 Å². The van der Waals surface area contributed by atoms with Crippen LogP contribution in [-0.2, 0) is 24.1 Å². The van der Waals surface area contributed by atoms with Crippen LogP contribution in [0.3, 0.4) is 0 Å². The topological polar surface area (TPSA) is 38.8 Å². The summed E-state index contributed by atoms with van der Waals surface area (Å²) in [6.45, 7) is 1.87. The Morgan fingerprint density at radius 1 is 1.14 bits per heavy atom. The van der Waals surface area contributed by atoms with E-state index in [4.69, 9.17) is 9.47 Å². The molecule has 2 aromatic rings. The van der Waals surface area contributed by atoms with Gasteiger partial charge < -0.3 is 14.4 Å². The first-order valence-electron chi connectivity index (χ1n) is 8.36. The molecule has 1 aliphatic heterocycles. The van der Waals surface area contributed by atoms with Crippen molar-refractivity contribution in [1.82, 2.24) is 4.90 Å². The molecule has 0 bridgehead atoms. The first-order valence-corrected chi connectivity index (χ1v) is 8.36. The molecule has 150 valence electrons. The number of rotatable bonds is 5. The molecule has 1 fully saturated rings. The standard InChI is InChI=1S/C19H16F5NO3/c1-11-8-25(18(26)28-11)9-12-2-5-17(16(21)6-12)27-10-13-3-4-14(7-15(13)20)19(22,23)24/h2-7,11H,8-10H2,1H3/t11-/m1/s1. The summed E-state index contributed by atoms with van der Waals surface area (Å²) in [6.07, 6.45) is -5.37. The van der Waals surface area contributed by atoms with Crippen molar-refractivity contribution in [3.63, 3.8) is 0 Å². The minimum absolute atomic E-state index is 0.134. The zero-order chi connectivity index (χ0) is 20.5. The van der Waals surface area contributed by atoms with E-state index in [1.54, 1.807) is 6.92 Å². The SMILES string of the molecule is C[C@@H]1CN(Cc2ccc(OCc3ccc(C(F)(F)F)cc3F)c(F)c2)C(=O)O1. The number of amides is 1. The van der Waals surface area contributed by atoms with Crippen molar-refractivity contribution in [2.45, 2.75) is 32.4 Å². The number of nitrogens with zero attached hydrogens (tertiary/aromatic N) is 1. The molecule has 0 aromatic heterocycles. The monoisotopic (exact) mass is 401 g/mol. The fourth-order valence-electron chi connectivity index (χ4n) is 2.77. The van der Waals surface area contributed by atoms with E-state index in [2.05, 4.69) is 0 Å². The summed E-state index contributed by atoms with van der Waals surface area (Å²) in [5, 5.41) is 0. The maximum atomic E-state index is 14.2. The van der Waals surface area contributed by atoms with Crippen LogP contribution in [0, 0.1) is 11.6 Å². The van der Waals surface area contributed by atoms with Crippen LogP contribution in [0.5, 0.6) is 5.75 Å². The molecule has 0 unspecified atom stereocenters. The second-order valence-electron chi connectivity index (χ2n) is 6.43. The third-order valence-corrected chi connectivity index (χ3v) is 4.17. The third-order valence-electron chi connectivity index (χ3n) is 4.17. The van der Waals surface area contributed by atoms with Crippen molar-refractivity contribution in [3.05, 3.63) is 64.7 Å². The van der Waals surface area contributed by atoms with Gasteiger partial charge in [-0.25, -0.2) is 13.6 Å². The number of hydrogen-bond donors (Lipinski definition) is 0. The number of ether oxygens (including phenoxy) is 2. The lowest BCUT2D eigenvalue weighted by atomic mass is 10.1. The molecule has 0 spiro atoms. The lowest BCUT2D eigenvalue weighted by molar-refractivity contribution is -0.137. The van der Waals surface area contributed by atoms with Gasteiger partial charge in [-0.3, -0.25) is 0 Å². The van der Waals surface area contributed by atoms with Crippen molar-refractivity contribution in [2.24, 2.45) is 0 Å². The van der Waals surface area contributed by atoms with Gasteiger partial charge in [0.2, 0.25) is 0 Å². The number of cyclic esters (lactones) is 1. The van der Waals surface area contributed by atoms with Gasteiger partial charge in [0.15, 0.2) is 11.6 Å². The fraction of sp³-hybridized carbons (Fsp3) is 0.316. The summed E-state index contributed by atoms with van der Waals surface area (Å²) in [4.78, 5) is 13.0. The zero-order valence-corrected chi connectivity index (χ0v) is 14.7. The highest BCUT2D eigenvalue weighted by molar-refractivity contribution is 5.69. The first-order chi connectivity index (χ1) is 13.1. The average Bonchev–Trinajstić information content (AvgIpc) is 2.91. The van der Waals surface area contributed by atoms with Gasteiger partial charge in [-0.15, -0.1) is 0 Å². The van der Waals surface area contributed by atoms with Gasteiger partial charge in [-0.2, -0.15) is 13.2 Å². The van der Waals surface area contributed by atoms with Gasteiger partial charge in [0.25, 0.3) is 0 Å². The van der Waals surface area contributed by atoms with Gasteiger partial charge >= 0.3 is 12.3 Å². The molecule has 9 heteroatoms. The smallest absolute Gasteiger partial charge is 0.416 e. The molecular weight excluding hydrogens is 385 g/mol. The van der Waals surface area contributed by atoms with E-state index in [0.29, 0.717) is 18.2 Å². The number of halogens is 5. The lowest BCUT2D eigenvalue weighted by Crippen LogP contribution is -2.24. The first kappa shape index (κ1) is 19.9. The molecule has 4 nitrogen and oxygen atoms in total. The van der Waals surface area contributed by atoms with Gasteiger partial charge in [0.05, 0.1) is 12.1 Å². The summed E-state index contributed by atoms with van der Waals surface area (Å²) in [6, 6.07) is 6.08. The Morgan fingerprint density at radius 3 is 2.46 bits per heavy atom. The molecule has 0 N–H and O–H groups in total. The van der Waals surface area contributed by atoms with Gasteiger partial charge in [-0.1, -0.05) is 12.1 Å². The molecule has 28 heavy (non-hydrogen) atoms. The number of alkyl halides is 3. The van der Waals surface area contributed by atoms with Crippen molar-refractivity contribution in [1.29, 1.82) is 0 Å². The Hall–Kier alpha value is -2.84. The Morgan fingerprint density at radius 2 is 1.89 bits per heavy atom. The van der Waals surface area contributed by atoms with E-state index in [-0.39, 0.29) is 24.0 Å². The molecule has 0 radical (unpaired) electrons. The summed E-state index contributed by atoms with van der Waals surface area (Å²) in [5.74, 6) is -2.00. The van der Waals surface area contributed by atoms with Crippen LogP contribution in [0.15, 0.2) is 36.4 Å². The van der Waals surface area contributed by atoms with Crippen LogP contribution in [0.4, 0.5) is 26.7 Å². The number of carbonyl (C=O) groups excluding carboxylic acids is 1. The van der Waals surface area contributed by atoms with E-state index < -0.39 is 36.1 Å². The molecule has 1 atom stereocenters. The average molecular weight is 401 g/mol. The van der Waals surface area contributed by atoms with Crippen LogP contribution in [-0.4, -0.2) is 23.6 Å². The predicted octanol–water partition coefficient (Wildman–Crippen LogP) is 4.90. The minimum atomic E-state index is -4.65. The van der Waals surface area contributed by atoms with E-state index >= 15 is 0 Å². The largest absolute Gasteiger partial charge is 0.486 e. The van der Waals surface area contributed by atoms with E-state index in [1.165, 1.54) is 23.1 Å². The molecule has 0 aliphatic carbocycles. The summed E-state index contributed by atoms with van der Waals surface area (Å²) >= 11 is 0. The summed E-state index contributed by atoms with van der Waals surface area (Å²) in [5.41, 5.74) is -0.735. The Kier molecular flexibility index (Phi) is 5.44. The Labute approximate surface area is 157 Å². The van der Waals surface area contributed by atoms with Crippen LogP contribution >= 0.6 is 0 Å². The molecule has 0 saturated carbocycles. The molecule has 1 amide bonds. The minimum Gasteiger partial charge on any atom is -0.486 e. The van der Waals surface area contributed by atoms with E-state index in [0.717, 1.165) is 12.1 Å². The fourth-order valence-corrected chi connectivity index (χ4v) is 2.77. The molecule has 1 aliphatic rings. The van der Waals surface area contributed by atoms with Crippen molar-refractivity contribution < 1.29 is 36.2 Å². The van der Waals surface area contributed by atoms with Crippen molar-refractivity contribution >= 4 is 6.09 Å². The molecule has 2 aromatic carbocycles. The highest BCUT2D eigenvalue weighted by atomic mass is 19.4. The zero-order valence-electron chi connectivity index (χ0n) is 14.7. The van der Waals surface area contributed by atoms with Gasteiger partial charge in [-0.05, 0) is 36.8 Å². The maximum absolute atomic E-state index is 14.2. The second-order valence-corrected chi connectivity index (χ2v) is 6.43. The van der Waals surface area contributed by atoms with E-state index in [1.807, 2.05) is 0 Å². The van der Waals surface area contributed by atoms with Gasteiger partial charge in [0, 0.05) is 12.1 Å².